The molecule has 19 heavy (non-hydrogen) atoms. The Hall–Kier alpha value is -1.38. The summed E-state index contributed by atoms with van der Waals surface area (Å²) in [6.45, 7) is 3.18. The summed E-state index contributed by atoms with van der Waals surface area (Å²) in [5.41, 5.74) is 4.23. The van der Waals surface area contributed by atoms with Crippen LogP contribution >= 0.6 is 11.6 Å². The van der Waals surface area contributed by atoms with Crippen LogP contribution in [0.3, 0.4) is 0 Å². The summed E-state index contributed by atoms with van der Waals surface area (Å²) in [7, 11) is 0. The molecule has 0 aliphatic carbocycles. The second-order valence-electron chi connectivity index (χ2n) is 5.03. The van der Waals surface area contributed by atoms with Gasteiger partial charge in [0.25, 0.3) is 0 Å². The first-order valence-electron chi connectivity index (χ1n) is 6.71. The molecule has 0 atom stereocenters. The minimum absolute atomic E-state index is 0.562. The van der Waals surface area contributed by atoms with E-state index in [0.717, 1.165) is 32.5 Å². The predicted octanol–water partition coefficient (Wildman–Crippen LogP) is 3.34. The highest BCUT2D eigenvalue weighted by Gasteiger charge is 2.13. The van der Waals surface area contributed by atoms with Gasteiger partial charge < -0.3 is 0 Å². The zero-order valence-electron chi connectivity index (χ0n) is 10.8. The Labute approximate surface area is 119 Å². The monoisotopic (exact) mass is 272 g/mol. The molecule has 0 spiro atoms. The molecule has 0 N–H and O–H groups in total. The maximum atomic E-state index is 5.82. The maximum Gasteiger partial charge on any atom is 0.129 e. The van der Waals surface area contributed by atoms with E-state index in [1.165, 1.54) is 16.7 Å². The lowest BCUT2D eigenvalue weighted by atomic mass is 10.0. The van der Waals surface area contributed by atoms with E-state index in [1.54, 1.807) is 0 Å². The number of fused-ring (bicyclic) bond motifs is 1. The molecule has 2 aromatic rings. The Kier molecular flexibility index (Phi) is 3.81. The molecule has 0 bridgehead atoms. The topological polar surface area (TPSA) is 16.1 Å². The standard InChI is InChI=1S/C16H17ClN2/c17-16-6-5-13(11-18-16)12-19-9-7-14-3-1-2-4-15(14)8-10-19/h1-6,11H,7-10,12H2. The molecule has 0 amide bonds. The molecule has 2 heterocycles. The van der Waals surface area contributed by atoms with Gasteiger partial charge >= 0.3 is 0 Å². The van der Waals surface area contributed by atoms with Gasteiger partial charge in [-0.05, 0) is 35.6 Å². The number of aromatic nitrogens is 1. The van der Waals surface area contributed by atoms with Gasteiger partial charge in [0.05, 0.1) is 0 Å². The summed E-state index contributed by atoms with van der Waals surface area (Å²) in [4.78, 5) is 6.64. The lowest BCUT2D eigenvalue weighted by molar-refractivity contribution is 0.279. The van der Waals surface area contributed by atoms with E-state index in [1.807, 2.05) is 12.3 Å². The van der Waals surface area contributed by atoms with Crippen molar-refractivity contribution in [2.75, 3.05) is 13.1 Å². The van der Waals surface area contributed by atoms with Gasteiger partial charge in [0.15, 0.2) is 0 Å². The third-order valence-electron chi connectivity index (χ3n) is 3.71. The highest BCUT2D eigenvalue weighted by Crippen LogP contribution is 2.17. The van der Waals surface area contributed by atoms with Crippen molar-refractivity contribution in [1.82, 2.24) is 9.88 Å². The number of pyridine rings is 1. The van der Waals surface area contributed by atoms with Crippen molar-refractivity contribution in [2.24, 2.45) is 0 Å². The molecule has 1 aromatic carbocycles. The van der Waals surface area contributed by atoms with Gasteiger partial charge in [-0.3, -0.25) is 4.90 Å². The molecule has 3 heteroatoms. The molecule has 0 saturated carbocycles. The second-order valence-corrected chi connectivity index (χ2v) is 5.42. The summed E-state index contributed by atoms with van der Waals surface area (Å²) >= 11 is 5.82. The zero-order chi connectivity index (χ0) is 13.1. The van der Waals surface area contributed by atoms with Crippen LogP contribution in [-0.2, 0) is 19.4 Å². The van der Waals surface area contributed by atoms with Gasteiger partial charge in [-0.2, -0.15) is 0 Å². The Morgan fingerprint density at radius 3 is 2.26 bits per heavy atom. The van der Waals surface area contributed by atoms with Crippen molar-refractivity contribution in [3.05, 3.63) is 64.4 Å². The van der Waals surface area contributed by atoms with Crippen molar-refractivity contribution in [3.63, 3.8) is 0 Å². The first-order chi connectivity index (χ1) is 9.31. The summed E-state index contributed by atoms with van der Waals surface area (Å²) in [6.07, 6.45) is 4.15. The van der Waals surface area contributed by atoms with E-state index < -0.39 is 0 Å². The molecule has 0 saturated heterocycles. The van der Waals surface area contributed by atoms with E-state index in [4.69, 9.17) is 11.6 Å². The summed E-state index contributed by atoms with van der Waals surface area (Å²) in [5.74, 6) is 0. The molecule has 0 radical (unpaired) electrons. The van der Waals surface area contributed by atoms with Gasteiger partial charge in [0, 0.05) is 25.8 Å². The normalized spacial score (nSPS) is 15.8. The van der Waals surface area contributed by atoms with E-state index in [9.17, 15) is 0 Å². The Balaban J connectivity index is 1.67. The van der Waals surface area contributed by atoms with Gasteiger partial charge in [-0.1, -0.05) is 41.9 Å². The molecule has 1 aliphatic heterocycles. The quantitative estimate of drug-likeness (QED) is 0.780. The molecular weight excluding hydrogens is 256 g/mol. The van der Waals surface area contributed by atoms with Crippen molar-refractivity contribution in [3.8, 4) is 0 Å². The molecular formula is C16H17ClN2. The van der Waals surface area contributed by atoms with Gasteiger partial charge in [0.2, 0.25) is 0 Å². The second kappa shape index (κ2) is 5.72. The SMILES string of the molecule is Clc1ccc(CN2CCc3ccccc3CC2)cn1. The van der Waals surface area contributed by atoms with Crippen molar-refractivity contribution < 1.29 is 0 Å². The van der Waals surface area contributed by atoms with Crippen molar-refractivity contribution in [2.45, 2.75) is 19.4 Å². The Morgan fingerprint density at radius 1 is 1.00 bits per heavy atom. The third kappa shape index (κ3) is 3.14. The average Bonchev–Trinajstić information content (AvgIpc) is 2.64. The fourth-order valence-corrected chi connectivity index (χ4v) is 2.74. The van der Waals surface area contributed by atoms with E-state index in [2.05, 4.69) is 40.2 Å². The lowest BCUT2D eigenvalue weighted by Gasteiger charge is -2.19. The number of halogens is 1. The minimum Gasteiger partial charge on any atom is -0.298 e. The van der Waals surface area contributed by atoms with E-state index >= 15 is 0 Å². The van der Waals surface area contributed by atoms with Gasteiger partial charge in [0.1, 0.15) is 5.15 Å². The number of nitrogens with zero attached hydrogens (tertiary/aromatic N) is 2. The Bertz CT molecular complexity index is 524. The fraction of sp³-hybridized carbons (Fsp3) is 0.312. The van der Waals surface area contributed by atoms with Gasteiger partial charge in [-0.15, -0.1) is 0 Å². The largest absolute Gasteiger partial charge is 0.298 e. The van der Waals surface area contributed by atoms with Crippen LogP contribution in [-0.4, -0.2) is 23.0 Å². The van der Waals surface area contributed by atoms with Crippen molar-refractivity contribution in [1.29, 1.82) is 0 Å². The van der Waals surface area contributed by atoms with Crippen LogP contribution in [0.1, 0.15) is 16.7 Å². The third-order valence-corrected chi connectivity index (χ3v) is 3.93. The molecule has 2 nitrogen and oxygen atoms in total. The number of benzene rings is 1. The van der Waals surface area contributed by atoms with Crippen LogP contribution in [0, 0.1) is 0 Å². The maximum absolute atomic E-state index is 5.82. The van der Waals surface area contributed by atoms with Crippen LogP contribution < -0.4 is 0 Å². The molecule has 3 rings (SSSR count). The van der Waals surface area contributed by atoms with Crippen LogP contribution in [0.5, 0.6) is 0 Å². The zero-order valence-corrected chi connectivity index (χ0v) is 11.6. The predicted molar refractivity (Wildman–Crippen MR) is 78.4 cm³/mol. The average molecular weight is 273 g/mol. The van der Waals surface area contributed by atoms with Crippen LogP contribution in [0.4, 0.5) is 0 Å². The minimum atomic E-state index is 0.562. The molecule has 1 aliphatic rings. The smallest absolute Gasteiger partial charge is 0.129 e. The summed E-state index contributed by atoms with van der Waals surface area (Å²) in [6, 6.07) is 12.7. The summed E-state index contributed by atoms with van der Waals surface area (Å²) in [5, 5.41) is 0.562. The van der Waals surface area contributed by atoms with E-state index in [-0.39, 0.29) is 0 Å². The number of rotatable bonds is 2. The van der Waals surface area contributed by atoms with Gasteiger partial charge in [-0.25, -0.2) is 4.98 Å². The molecule has 1 aromatic heterocycles. The van der Waals surface area contributed by atoms with Crippen LogP contribution in [0.2, 0.25) is 5.15 Å². The first kappa shape index (κ1) is 12.6. The molecule has 0 unspecified atom stereocenters. The molecule has 98 valence electrons. The lowest BCUT2D eigenvalue weighted by Crippen LogP contribution is -2.25. The number of hydrogen-bond acceptors (Lipinski definition) is 2. The van der Waals surface area contributed by atoms with Crippen LogP contribution in [0.15, 0.2) is 42.6 Å². The highest BCUT2D eigenvalue weighted by atomic mass is 35.5. The van der Waals surface area contributed by atoms with Crippen LogP contribution in [0.25, 0.3) is 0 Å². The number of hydrogen-bond donors (Lipinski definition) is 0. The first-order valence-corrected chi connectivity index (χ1v) is 7.08. The summed E-state index contributed by atoms with van der Waals surface area (Å²) < 4.78 is 0. The van der Waals surface area contributed by atoms with Crippen molar-refractivity contribution >= 4 is 11.6 Å². The van der Waals surface area contributed by atoms with E-state index in [0.29, 0.717) is 5.15 Å². The Morgan fingerprint density at radius 2 is 1.68 bits per heavy atom. The molecule has 0 fully saturated rings. The highest BCUT2D eigenvalue weighted by molar-refractivity contribution is 6.29. The fourth-order valence-electron chi connectivity index (χ4n) is 2.63.